The molecule has 0 radical (unpaired) electrons. The quantitative estimate of drug-likeness (QED) is 0.600. The molecule has 0 spiro atoms. The van der Waals surface area contributed by atoms with Gasteiger partial charge >= 0.3 is 0 Å². The van der Waals surface area contributed by atoms with Gasteiger partial charge in [0.1, 0.15) is 5.75 Å². The molecule has 1 aliphatic heterocycles. The number of anilines is 1. The minimum Gasteiger partial charge on any atom is -0.496 e. The fraction of sp³-hybridized carbons (Fsp3) is 0.136. The van der Waals surface area contributed by atoms with E-state index < -0.39 is 0 Å². The fourth-order valence-electron chi connectivity index (χ4n) is 2.89. The van der Waals surface area contributed by atoms with Crippen LogP contribution in [0.5, 0.6) is 17.2 Å². The number of hydrogen-bond donors (Lipinski definition) is 1. The van der Waals surface area contributed by atoms with Crippen LogP contribution in [0.25, 0.3) is 0 Å². The first-order valence-electron chi connectivity index (χ1n) is 8.79. The molecular weight excluding hydrogens is 374 g/mol. The van der Waals surface area contributed by atoms with Crippen LogP contribution in [0.3, 0.4) is 0 Å². The summed E-state index contributed by atoms with van der Waals surface area (Å²) in [7, 11) is 1.64. The minimum absolute atomic E-state index is 0.188. The number of nitrogens with one attached hydrogen (secondary N) is 1. The van der Waals surface area contributed by atoms with Gasteiger partial charge in [-0.1, -0.05) is 18.2 Å². The molecular formula is C22H19NO4S. The van der Waals surface area contributed by atoms with Crippen molar-refractivity contribution in [3.05, 3.63) is 77.9 Å². The van der Waals surface area contributed by atoms with Crippen molar-refractivity contribution in [2.75, 3.05) is 19.2 Å². The average Bonchev–Trinajstić information content (AvgIpc) is 3.20. The van der Waals surface area contributed by atoms with Gasteiger partial charge in [0, 0.05) is 33.5 Å². The van der Waals surface area contributed by atoms with E-state index in [1.807, 2.05) is 30.3 Å². The lowest BCUT2D eigenvalue weighted by molar-refractivity contribution is 0.102. The van der Waals surface area contributed by atoms with Gasteiger partial charge in [0.2, 0.25) is 6.79 Å². The molecule has 1 amide bonds. The summed E-state index contributed by atoms with van der Waals surface area (Å²) in [6, 6.07) is 20.9. The van der Waals surface area contributed by atoms with E-state index in [1.54, 1.807) is 43.1 Å². The third kappa shape index (κ3) is 4.07. The highest BCUT2D eigenvalue weighted by molar-refractivity contribution is 7.98. The standard InChI is InChI=1S/C22H19NO4S/c1-25-19-9-7-15(11-16(19)13-28-18-5-3-2-4-6-18)22(24)23-17-8-10-20-21(12-17)27-14-26-20/h2-12H,13-14H2,1H3,(H,23,24). The second-order valence-corrected chi connectivity index (χ2v) is 7.20. The summed E-state index contributed by atoms with van der Waals surface area (Å²) >= 11 is 1.70. The molecule has 1 N–H and O–H groups in total. The first-order chi connectivity index (χ1) is 13.7. The van der Waals surface area contributed by atoms with Crippen molar-refractivity contribution < 1.29 is 19.0 Å². The van der Waals surface area contributed by atoms with E-state index in [2.05, 4.69) is 17.4 Å². The highest BCUT2D eigenvalue weighted by Gasteiger charge is 2.15. The monoisotopic (exact) mass is 393 g/mol. The highest BCUT2D eigenvalue weighted by atomic mass is 32.2. The molecule has 0 aliphatic carbocycles. The largest absolute Gasteiger partial charge is 0.496 e. The maximum Gasteiger partial charge on any atom is 0.255 e. The van der Waals surface area contributed by atoms with Gasteiger partial charge in [-0.3, -0.25) is 4.79 Å². The van der Waals surface area contributed by atoms with E-state index in [4.69, 9.17) is 14.2 Å². The topological polar surface area (TPSA) is 56.8 Å². The predicted octanol–water partition coefficient (Wildman–Crippen LogP) is 4.97. The predicted molar refractivity (Wildman–Crippen MR) is 110 cm³/mol. The van der Waals surface area contributed by atoms with Crippen LogP contribution in [0.2, 0.25) is 0 Å². The Balaban J connectivity index is 1.50. The van der Waals surface area contributed by atoms with Crippen molar-refractivity contribution in [2.45, 2.75) is 10.6 Å². The minimum atomic E-state index is -0.188. The van der Waals surface area contributed by atoms with Gasteiger partial charge in [-0.2, -0.15) is 0 Å². The van der Waals surface area contributed by atoms with E-state index in [-0.39, 0.29) is 12.7 Å². The third-order valence-corrected chi connectivity index (χ3v) is 5.37. The van der Waals surface area contributed by atoms with Gasteiger partial charge in [0.15, 0.2) is 11.5 Å². The van der Waals surface area contributed by atoms with Crippen molar-refractivity contribution >= 4 is 23.4 Å². The Labute approximate surface area is 167 Å². The molecule has 3 aromatic carbocycles. The normalized spacial score (nSPS) is 11.9. The molecule has 0 saturated heterocycles. The van der Waals surface area contributed by atoms with Gasteiger partial charge in [-0.15, -0.1) is 11.8 Å². The molecule has 28 heavy (non-hydrogen) atoms. The number of benzene rings is 3. The van der Waals surface area contributed by atoms with E-state index in [9.17, 15) is 4.79 Å². The molecule has 0 unspecified atom stereocenters. The zero-order valence-electron chi connectivity index (χ0n) is 15.3. The molecule has 4 rings (SSSR count). The van der Waals surface area contributed by atoms with E-state index >= 15 is 0 Å². The number of methoxy groups -OCH3 is 1. The number of rotatable bonds is 6. The summed E-state index contributed by atoms with van der Waals surface area (Å²) in [5.41, 5.74) is 2.20. The maximum absolute atomic E-state index is 12.7. The summed E-state index contributed by atoms with van der Waals surface area (Å²) in [4.78, 5) is 13.9. The number of carbonyl (C=O) groups excluding carboxylic acids is 1. The Morgan fingerprint density at radius 2 is 1.86 bits per heavy atom. The van der Waals surface area contributed by atoms with Crippen LogP contribution in [-0.2, 0) is 5.75 Å². The van der Waals surface area contributed by atoms with Crippen LogP contribution in [0, 0.1) is 0 Å². The van der Waals surface area contributed by atoms with Crippen molar-refractivity contribution in [1.29, 1.82) is 0 Å². The zero-order chi connectivity index (χ0) is 19.3. The third-order valence-electron chi connectivity index (χ3n) is 4.31. The van der Waals surface area contributed by atoms with Crippen LogP contribution in [-0.4, -0.2) is 19.8 Å². The average molecular weight is 393 g/mol. The lowest BCUT2D eigenvalue weighted by atomic mass is 10.1. The Morgan fingerprint density at radius 3 is 2.68 bits per heavy atom. The Hall–Kier alpha value is -3.12. The lowest BCUT2D eigenvalue weighted by Crippen LogP contribution is -2.12. The molecule has 1 heterocycles. The number of fused-ring (bicyclic) bond motifs is 1. The van der Waals surface area contributed by atoms with Gasteiger partial charge in [0.05, 0.1) is 7.11 Å². The maximum atomic E-state index is 12.7. The van der Waals surface area contributed by atoms with Gasteiger partial charge in [-0.25, -0.2) is 0 Å². The molecule has 1 aliphatic rings. The smallest absolute Gasteiger partial charge is 0.255 e. The zero-order valence-corrected chi connectivity index (χ0v) is 16.1. The summed E-state index contributed by atoms with van der Waals surface area (Å²) in [5, 5.41) is 2.90. The Kier molecular flexibility index (Phi) is 5.39. The Morgan fingerprint density at radius 1 is 1.04 bits per heavy atom. The number of hydrogen-bond acceptors (Lipinski definition) is 5. The van der Waals surface area contributed by atoms with Crippen LogP contribution >= 0.6 is 11.8 Å². The summed E-state index contributed by atoms with van der Waals surface area (Å²) in [6.45, 7) is 0.202. The number of thioether (sulfide) groups is 1. The second-order valence-electron chi connectivity index (χ2n) is 6.15. The van der Waals surface area contributed by atoms with Crippen molar-refractivity contribution in [2.24, 2.45) is 0 Å². The molecule has 6 heteroatoms. The molecule has 3 aromatic rings. The summed E-state index contributed by atoms with van der Waals surface area (Å²) < 4.78 is 16.1. The molecule has 0 fully saturated rings. The van der Waals surface area contributed by atoms with Gasteiger partial charge in [0.25, 0.3) is 5.91 Å². The molecule has 0 bridgehead atoms. The molecule has 0 saturated carbocycles. The Bertz CT molecular complexity index is 991. The molecule has 0 aromatic heterocycles. The second kappa shape index (κ2) is 8.27. The van der Waals surface area contributed by atoms with Crippen LogP contribution in [0.15, 0.2) is 71.6 Å². The van der Waals surface area contributed by atoms with Crippen LogP contribution < -0.4 is 19.5 Å². The van der Waals surface area contributed by atoms with Gasteiger partial charge < -0.3 is 19.5 Å². The molecule has 142 valence electrons. The van der Waals surface area contributed by atoms with E-state index in [1.165, 1.54) is 4.90 Å². The molecule has 5 nitrogen and oxygen atoms in total. The van der Waals surface area contributed by atoms with E-state index in [0.717, 1.165) is 11.3 Å². The number of carbonyl (C=O) groups is 1. The van der Waals surface area contributed by atoms with Crippen molar-refractivity contribution in [3.8, 4) is 17.2 Å². The van der Waals surface area contributed by atoms with Gasteiger partial charge in [-0.05, 0) is 42.5 Å². The van der Waals surface area contributed by atoms with Crippen LogP contribution in [0.1, 0.15) is 15.9 Å². The summed E-state index contributed by atoms with van der Waals surface area (Å²) in [6.07, 6.45) is 0. The fourth-order valence-corrected chi connectivity index (χ4v) is 3.79. The van der Waals surface area contributed by atoms with Crippen molar-refractivity contribution in [3.63, 3.8) is 0 Å². The van der Waals surface area contributed by atoms with Crippen molar-refractivity contribution in [1.82, 2.24) is 0 Å². The first-order valence-corrected chi connectivity index (χ1v) is 9.77. The number of ether oxygens (including phenoxy) is 3. The molecule has 0 atom stereocenters. The summed E-state index contributed by atoms with van der Waals surface area (Å²) in [5.74, 6) is 2.60. The SMILES string of the molecule is COc1ccc(C(=O)Nc2ccc3c(c2)OCO3)cc1CSc1ccccc1. The first kappa shape index (κ1) is 18.3. The highest BCUT2D eigenvalue weighted by Crippen LogP contribution is 2.34. The van der Waals surface area contributed by atoms with Crippen LogP contribution in [0.4, 0.5) is 5.69 Å². The number of amides is 1. The lowest BCUT2D eigenvalue weighted by Gasteiger charge is -2.11. The van der Waals surface area contributed by atoms with E-state index in [0.29, 0.717) is 28.5 Å².